The van der Waals surface area contributed by atoms with Gasteiger partial charge in [0.05, 0.1) is 11.4 Å². The van der Waals surface area contributed by atoms with Crippen LogP contribution < -0.4 is 0 Å². The van der Waals surface area contributed by atoms with E-state index in [1.54, 1.807) is 12.1 Å². The van der Waals surface area contributed by atoms with Crippen LogP contribution in [0.3, 0.4) is 0 Å². The van der Waals surface area contributed by atoms with Gasteiger partial charge in [0, 0.05) is 33.7 Å². The van der Waals surface area contributed by atoms with Gasteiger partial charge < -0.3 is 15.2 Å². The molecule has 0 unspecified atom stereocenters. The van der Waals surface area contributed by atoms with Crippen molar-refractivity contribution in [1.29, 1.82) is 0 Å². The van der Waals surface area contributed by atoms with Gasteiger partial charge >= 0.3 is 5.97 Å². The molecule has 160 valence electrons. The number of aromatic nitrogens is 2. The third-order valence-electron chi connectivity index (χ3n) is 5.53. The van der Waals surface area contributed by atoms with Crippen molar-refractivity contribution < 1.29 is 15.0 Å². The van der Waals surface area contributed by atoms with Crippen LogP contribution in [0.5, 0.6) is 5.75 Å². The summed E-state index contributed by atoms with van der Waals surface area (Å²) in [6.07, 6.45) is 1.08. The monoisotopic (exact) mass is 432 g/mol. The second kappa shape index (κ2) is 8.48. The van der Waals surface area contributed by atoms with Crippen molar-refractivity contribution in [2.75, 3.05) is 0 Å². The number of carboxylic acid groups (broad SMARTS) is 1. The Kier molecular flexibility index (Phi) is 5.21. The van der Waals surface area contributed by atoms with Crippen LogP contribution in [-0.2, 0) is 4.79 Å². The number of fused-ring (bicyclic) bond motifs is 1. The fourth-order valence-corrected chi connectivity index (χ4v) is 3.99. The highest BCUT2D eigenvalue weighted by molar-refractivity contribution is 6.00. The van der Waals surface area contributed by atoms with Crippen molar-refractivity contribution in [3.05, 3.63) is 115 Å². The molecule has 0 amide bonds. The van der Waals surface area contributed by atoms with Gasteiger partial charge in [0.1, 0.15) is 11.6 Å². The van der Waals surface area contributed by atoms with E-state index >= 15 is 0 Å². The van der Waals surface area contributed by atoms with Crippen molar-refractivity contribution in [3.8, 4) is 28.3 Å². The fraction of sp³-hybridized carbons (Fsp3) is 0. The Balaban J connectivity index is 1.75. The van der Waals surface area contributed by atoms with Crippen LogP contribution in [0.15, 0.2) is 103 Å². The maximum absolute atomic E-state index is 11.8. The minimum atomic E-state index is -1.13. The molecule has 5 heteroatoms. The summed E-state index contributed by atoms with van der Waals surface area (Å²) in [5.41, 5.74) is 3.99. The molecule has 5 aromatic rings. The van der Waals surface area contributed by atoms with Crippen LogP contribution >= 0.6 is 0 Å². The van der Waals surface area contributed by atoms with Gasteiger partial charge in [0.15, 0.2) is 0 Å². The number of carboxylic acids is 1. The number of rotatable bonds is 5. The Morgan fingerprint density at radius 2 is 1.42 bits per heavy atom. The third kappa shape index (κ3) is 3.88. The molecule has 0 saturated carbocycles. The lowest BCUT2D eigenvalue weighted by atomic mass is 9.99. The minimum absolute atomic E-state index is 0.0134. The highest BCUT2D eigenvalue weighted by atomic mass is 16.4. The molecule has 5 rings (SSSR count). The van der Waals surface area contributed by atoms with Crippen LogP contribution in [0.2, 0.25) is 0 Å². The number of aromatic hydroxyl groups is 1. The van der Waals surface area contributed by atoms with Gasteiger partial charge in [-0.2, -0.15) is 0 Å². The van der Waals surface area contributed by atoms with Gasteiger partial charge in [0.25, 0.3) is 0 Å². The summed E-state index contributed by atoms with van der Waals surface area (Å²) in [6.45, 7) is 0. The molecule has 5 nitrogen and oxygen atoms in total. The zero-order valence-electron chi connectivity index (χ0n) is 17.6. The van der Waals surface area contributed by atoms with Gasteiger partial charge in [-0.05, 0) is 11.5 Å². The molecule has 3 N–H and O–H groups in total. The highest BCUT2D eigenvalue weighted by Crippen LogP contribution is 2.38. The number of hydrogen-bond donors (Lipinski definition) is 3. The number of hydrogen-bond acceptors (Lipinski definition) is 3. The van der Waals surface area contributed by atoms with E-state index in [1.807, 2.05) is 84.9 Å². The summed E-state index contributed by atoms with van der Waals surface area (Å²) in [7, 11) is 0. The number of nitrogens with zero attached hydrogens (tertiary/aromatic N) is 1. The van der Waals surface area contributed by atoms with E-state index in [-0.39, 0.29) is 5.75 Å². The molecule has 0 saturated heterocycles. The van der Waals surface area contributed by atoms with E-state index in [4.69, 9.17) is 4.98 Å². The molecule has 0 aliphatic heterocycles. The van der Waals surface area contributed by atoms with Crippen molar-refractivity contribution in [2.24, 2.45) is 0 Å². The summed E-state index contributed by atoms with van der Waals surface area (Å²) >= 11 is 0. The number of H-pyrrole nitrogens is 1. The molecule has 0 bridgehead atoms. The molecule has 4 aromatic carbocycles. The van der Waals surface area contributed by atoms with E-state index in [2.05, 4.69) is 4.98 Å². The lowest BCUT2D eigenvalue weighted by Gasteiger charge is -2.10. The first-order valence-corrected chi connectivity index (χ1v) is 10.5. The molecule has 1 heterocycles. The van der Waals surface area contributed by atoms with Crippen LogP contribution in [0, 0.1) is 0 Å². The number of benzene rings is 4. The maximum Gasteiger partial charge on any atom is 0.329 e. The van der Waals surface area contributed by atoms with Crippen molar-refractivity contribution >= 4 is 22.3 Å². The summed E-state index contributed by atoms with van der Waals surface area (Å²) < 4.78 is 0. The van der Waals surface area contributed by atoms with Crippen LogP contribution in [-0.4, -0.2) is 26.2 Å². The molecule has 0 atom stereocenters. The number of phenolic OH excluding ortho intramolecular Hbond substituents is 1. The predicted octanol–water partition coefficient (Wildman–Crippen LogP) is 6.12. The first kappa shape index (κ1) is 20.3. The first-order chi connectivity index (χ1) is 16.1. The van der Waals surface area contributed by atoms with Crippen LogP contribution in [0.25, 0.3) is 38.9 Å². The molecule has 0 spiro atoms. The van der Waals surface area contributed by atoms with E-state index in [9.17, 15) is 15.0 Å². The number of imidazole rings is 1. The number of carbonyl (C=O) groups is 1. The van der Waals surface area contributed by atoms with Gasteiger partial charge in [-0.15, -0.1) is 0 Å². The summed E-state index contributed by atoms with van der Waals surface area (Å²) in [4.78, 5) is 19.9. The first-order valence-electron chi connectivity index (χ1n) is 10.5. The van der Waals surface area contributed by atoms with Crippen molar-refractivity contribution in [3.63, 3.8) is 0 Å². The van der Waals surface area contributed by atoms with Gasteiger partial charge in [-0.3, -0.25) is 0 Å². The fourth-order valence-electron chi connectivity index (χ4n) is 3.99. The smallest absolute Gasteiger partial charge is 0.329 e. The van der Waals surface area contributed by atoms with Gasteiger partial charge in [-0.25, -0.2) is 9.78 Å². The quantitative estimate of drug-likeness (QED) is 0.292. The lowest BCUT2D eigenvalue weighted by Crippen LogP contribution is -1.97. The highest BCUT2D eigenvalue weighted by Gasteiger charge is 2.21. The molecule has 33 heavy (non-hydrogen) atoms. The van der Waals surface area contributed by atoms with E-state index in [0.29, 0.717) is 28.0 Å². The Bertz CT molecular complexity index is 1430. The summed E-state index contributed by atoms with van der Waals surface area (Å²) in [6, 6.07) is 30.5. The zero-order valence-corrected chi connectivity index (χ0v) is 17.6. The Labute approximate surface area is 190 Å². The number of nitrogens with one attached hydrogen (secondary N) is 1. The molecular formula is C28H20N2O3. The van der Waals surface area contributed by atoms with Crippen LogP contribution in [0.4, 0.5) is 0 Å². The molecule has 1 aromatic heterocycles. The van der Waals surface area contributed by atoms with Crippen molar-refractivity contribution in [2.45, 2.75) is 0 Å². The average molecular weight is 432 g/mol. The number of phenols is 1. The molecule has 0 fully saturated rings. The minimum Gasteiger partial charge on any atom is -0.507 e. The molecular weight excluding hydrogens is 412 g/mol. The summed E-state index contributed by atoms with van der Waals surface area (Å²) in [5, 5.41) is 22.2. The zero-order chi connectivity index (χ0) is 22.8. The Morgan fingerprint density at radius 3 is 2.12 bits per heavy atom. The topological polar surface area (TPSA) is 86.2 Å². The van der Waals surface area contributed by atoms with Crippen molar-refractivity contribution in [1.82, 2.24) is 9.97 Å². The molecule has 0 aliphatic rings. The van der Waals surface area contributed by atoms with Gasteiger partial charge in [0.2, 0.25) is 0 Å². The lowest BCUT2D eigenvalue weighted by molar-refractivity contribution is -0.131. The number of aromatic amines is 1. The van der Waals surface area contributed by atoms with E-state index in [1.165, 1.54) is 0 Å². The predicted molar refractivity (Wildman–Crippen MR) is 130 cm³/mol. The van der Waals surface area contributed by atoms with E-state index in [0.717, 1.165) is 28.3 Å². The SMILES string of the molecule is O=C(O)C=C(c1nc(-c2ccccc2)c(-c2ccccc2)[nH]1)c1ccc2ccccc2c1O. The van der Waals surface area contributed by atoms with Gasteiger partial charge in [-0.1, -0.05) is 91.0 Å². The second-order valence-electron chi connectivity index (χ2n) is 7.62. The maximum atomic E-state index is 11.8. The third-order valence-corrected chi connectivity index (χ3v) is 5.53. The van der Waals surface area contributed by atoms with Crippen LogP contribution in [0.1, 0.15) is 11.4 Å². The normalized spacial score (nSPS) is 11.6. The summed E-state index contributed by atoms with van der Waals surface area (Å²) in [5.74, 6) is -0.753. The number of aliphatic carboxylic acids is 1. The molecule has 0 aliphatic carbocycles. The standard InChI is InChI=1S/C28H20N2O3/c31-24(32)17-23(22-16-15-18-9-7-8-14-21(18)27(22)33)28-29-25(19-10-3-1-4-11-19)26(30-28)20-12-5-2-6-13-20/h1-17,33H,(H,29,30)(H,31,32). The molecule has 0 radical (unpaired) electrons. The average Bonchev–Trinajstić information content (AvgIpc) is 3.30. The largest absolute Gasteiger partial charge is 0.507 e. The Morgan fingerprint density at radius 1 is 0.788 bits per heavy atom. The second-order valence-corrected chi connectivity index (χ2v) is 7.62. The van der Waals surface area contributed by atoms with E-state index < -0.39 is 5.97 Å². The Hall–Kier alpha value is -4.64.